The molecular formula is C48H44Cl2F2N12O2. The maximum absolute atomic E-state index is 14.0. The summed E-state index contributed by atoms with van der Waals surface area (Å²) in [4.78, 5) is 27.1. The number of aryl methyl sites for hydroxylation is 4. The number of ether oxygens (including phenoxy) is 2. The lowest BCUT2D eigenvalue weighted by Crippen LogP contribution is -2.18. The van der Waals surface area contributed by atoms with Crippen LogP contribution in [0.5, 0.6) is 11.8 Å². The molecule has 336 valence electrons. The van der Waals surface area contributed by atoms with Crippen LogP contribution in [-0.4, -0.2) is 72.8 Å². The van der Waals surface area contributed by atoms with Crippen molar-refractivity contribution in [1.82, 2.24) is 58.6 Å². The molecule has 2 aliphatic heterocycles. The van der Waals surface area contributed by atoms with E-state index in [9.17, 15) is 8.78 Å². The summed E-state index contributed by atoms with van der Waals surface area (Å²) in [5.74, 6) is 2.96. The van der Waals surface area contributed by atoms with E-state index in [1.54, 1.807) is 39.0 Å². The highest BCUT2D eigenvalue weighted by atomic mass is 35.5. The van der Waals surface area contributed by atoms with Gasteiger partial charge in [0.15, 0.2) is 11.6 Å². The predicted octanol–water partition coefficient (Wildman–Crippen LogP) is 10.1. The minimum absolute atomic E-state index is 0.0173. The number of halogens is 4. The van der Waals surface area contributed by atoms with Crippen molar-refractivity contribution in [3.05, 3.63) is 165 Å². The van der Waals surface area contributed by atoms with Crippen molar-refractivity contribution in [2.75, 3.05) is 14.2 Å². The Bertz CT molecular complexity index is 2890. The maximum Gasteiger partial charge on any atom is 0.238 e. The molecule has 0 fully saturated rings. The van der Waals surface area contributed by atoms with Crippen LogP contribution in [0, 0.1) is 25.5 Å². The Morgan fingerprint density at radius 2 is 1.03 bits per heavy atom. The van der Waals surface area contributed by atoms with E-state index < -0.39 is 11.6 Å². The highest BCUT2D eigenvalue weighted by Gasteiger charge is 2.27. The number of rotatable bonds is 10. The van der Waals surface area contributed by atoms with Crippen LogP contribution in [0.25, 0.3) is 35.7 Å². The van der Waals surface area contributed by atoms with Gasteiger partial charge in [0.2, 0.25) is 11.8 Å². The average molecular weight is 930 g/mol. The van der Waals surface area contributed by atoms with Crippen LogP contribution >= 0.6 is 23.2 Å². The topological polar surface area (TPSA) is 141 Å². The van der Waals surface area contributed by atoms with Gasteiger partial charge < -0.3 is 18.6 Å². The van der Waals surface area contributed by atoms with Crippen molar-refractivity contribution in [3.8, 4) is 23.1 Å². The molecule has 18 heteroatoms. The Labute approximate surface area is 389 Å². The number of pyridine rings is 2. The molecule has 2 atom stereocenters. The maximum atomic E-state index is 14.0. The normalized spacial score (nSPS) is 15.7. The first kappa shape index (κ1) is 44.2. The number of fused-ring (bicyclic) bond motifs is 2. The highest BCUT2D eigenvalue weighted by molar-refractivity contribution is 6.31. The van der Waals surface area contributed by atoms with Crippen LogP contribution in [0.3, 0.4) is 0 Å². The number of benzene rings is 2. The Hall–Kier alpha value is -7.04. The van der Waals surface area contributed by atoms with E-state index in [2.05, 4.69) is 30.1 Å². The molecule has 0 unspecified atom stereocenters. The molecule has 0 spiro atoms. The second-order valence-electron chi connectivity index (χ2n) is 15.9. The van der Waals surface area contributed by atoms with Crippen molar-refractivity contribution in [3.63, 3.8) is 0 Å². The monoisotopic (exact) mass is 928 g/mol. The lowest BCUT2D eigenvalue weighted by atomic mass is 9.91. The fourth-order valence-corrected chi connectivity index (χ4v) is 8.40. The summed E-state index contributed by atoms with van der Waals surface area (Å²) in [6.07, 6.45) is 18.3. The SMILES string of the molecule is COc1nc(/C=C/c2nc3n(n2)CCC[C@@H]3c2ccc(Cl)c(F)c2)ccc1-n1cnc(C)c1.COc1nc(/C=C/c2nc3n(n2)CCC[C@H]3c2ccc(Cl)c(F)c2)ccc1-n1cnc(C)c1. The van der Waals surface area contributed by atoms with E-state index in [0.29, 0.717) is 23.4 Å². The van der Waals surface area contributed by atoms with E-state index in [1.807, 2.05) is 105 Å². The molecule has 0 saturated heterocycles. The third kappa shape index (κ3) is 9.51. The van der Waals surface area contributed by atoms with Crippen molar-refractivity contribution in [1.29, 1.82) is 0 Å². The second kappa shape index (κ2) is 19.2. The molecule has 14 nitrogen and oxygen atoms in total. The number of hydrogen-bond acceptors (Lipinski definition) is 10. The van der Waals surface area contributed by atoms with Crippen LogP contribution in [0.1, 0.15) is 94.7 Å². The van der Waals surface area contributed by atoms with Crippen molar-refractivity contribution < 1.29 is 18.3 Å². The Kier molecular flexibility index (Phi) is 12.9. The Morgan fingerprint density at radius 1 is 0.591 bits per heavy atom. The van der Waals surface area contributed by atoms with Gasteiger partial charge >= 0.3 is 0 Å². The van der Waals surface area contributed by atoms with Gasteiger partial charge in [0.25, 0.3) is 0 Å². The van der Waals surface area contributed by atoms with Gasteiger partial charge in [-0.05, 0) is 123 Å². The van der Waals surface area contributed by atoms with Gasteiger partial charge in [-0.2, -0.15) is 10.2 Å². The standard InChI is InChI=1S/2C24H22ClFN6O/c2*1-15-13-31(14-27-15)21-9-6-17(28-24(21)33-2)7-10-22-29-23-18(4-3-11-32(23)30-22)16-5-8-19(25)20(26)12-16/h2*5-10,12-14,18H,3-4,11H2,1-2H3/b2*10-7+/t2*18-/m10/s1. The molecular weight excluding hydrogens is 886 g/mol. The first-order chi connectivity index (χ1) is 32.0. The van der Waals surface area contributed by atoms with E-state index >= 15 is 0 Å². The fraction of sp³-hybridized carbons (Fsp3) is 0.250. The largest absolute Gasteiger partial charge is 0.479 e. The zero-order valence-electron chi connectivity index (χ0n) is 36.5. The smallest absolute Gasteiger partial charge is 0.238 e. The molecule has 8 aromatic rings. The first-order valence-electron chi connectivity index (χ1n) is 21.3. The van der Waals surface area contributed by atoms with Crippen LogP contribution < -0.4 is 9.47 Å². The second-order valence-corrected chi connectivity index (χ2v) is 16.7. The summed E-state index contributed by atoms with van der Waals surface area (Å²) >= 11 is 11.7. The molecule has 0 N–H and O–H groups in total. The molecule has 0 saturated carbocycles. The van der Waals surface area contributed by atoms with Crippen molar-refractivity contribution in [2.45, 2.75) is 64.5 Å². The molecule has 0 aliphatic carbocycles. The summed E-state index contributed by atoms with van der Waals surface area (Å²) in [5.41, 5.74) is 6.60. The zero-order valence-corrected chi connectivity index (χ0v) is 38.0. The number of nitrogens with zero attached hydrogens (tertiary/aromatic N) is 12. The molecule has 0 radical (unpaired) electrons. The average Bonchev–Trinajstić information content (AvgIpc) is 4.16. The van der Waals surface area contributed by atoms with Gasteiger partial charge in [-0.15, -0.1) is 0 Å². The summed E-state index contributed by atoms with van der Waals surface area (Å²) in [7, 11) is 3.18. The van der Waals surface area contributed by atoms with Gasteiger partial charge in [0.05, 0.1) is 59.7 Å². The lowest BCUT2D eigenvalue weighted by molar-refractivity contribution is 0.395. The van der Waals surface area contributed by atoms with E-state index in [-0.39, 0.29) is 21.9 Å². The summed E-state index contributed by atoms with van der Waals surface area (Å²) in [6.45, 7) is 5.43. The van der Waals surface area contributed by atoms with Gasteiger partial charge in [-0.25, -0.2) is 48.0 Å². The zero-order chi connectivity index (χ0) is 45.9. The van der Waals surface area contributed by atoms with Crippen molar-refractivity contribution >= 4 is 47.5 Å². The minimum Gasteiger partial charge on any atom is -0.479 e. The van der Waals surface area contributed by atoms with E-state index in [0.717, 1.165) is 95.7 Å². The molecule has 2 aromatic carbocycles. The molecule has 0 amide bonds. The highest BCUT2D eigenvalue weighted by Crippen LogP contribution is 2.35. The first-order valence-corrected chi connectivity index (χ1v) is 22.1. The molecule has 0 bridgehead atoms. The quantitative estimate of drug-likeness (QED) is 0.130. The van der Waals surface area contributed by atoms with Gasteiger partial charge in [-0.3, -0.25) is 0 Å². The lowest BCUT2D eigenvalue weighted by Gasteiger charge is -2.22. The predicted molar refractivity (Wildman–Crippen MR) is 248 cm³/mol. The Balaban J connectivity index is 0.000000166. The van der Waals surface area contributed by atoms with Crippen LogP contribution in [-0.2, 0) is 13.1 Å². The third-order valence-corrected chi connectivity index (χ3v) is 12.0. The van der Waals surface area contributed by atoms with Crippen LogP contribution in [0.4, 0.5) is 8.78 Å². The Morgan fingerprint density at radius 3 is 1.41 bits per heavy atom. The van der Waals surface area contributed by atoms with E-state index in [1.165, 1.54) is 12.1 Å². The summed E-state index contributed by atoms with van der Waals surface area (Å²) in [5, 5.41) is 9.48. The molecule has 2 aliphatic rings. The van der Waals surface area contributed by atoms with E-state index in [4.69, 9.17) is 42.6 Å². The summed E-state index contributed by atoms with van der Waals surface area (Å²) in [6, 6.07) is 17.6. The van der Waals surface area contributed by atoms with Crippen molar-refractivity contribution in [2.24, 2.45) is 0 Å². The number of imidazole rings is 2. The number of methoxy groups -OCH3 is 2. The summed E-state index contributed by atoms with van der Waals surface area (Å²) < 4.78 is 46.5. The molecule has 66 heavy (non-hydrogen) atoms. The van der Waals surface area contributed by atoms with Gasteiger partial charge in [-0.1, -0.05) is 35.3 Å². The number of aromatic nitrogens is 12. The third-order valence-electron chi connectivity index (χ3n) is 11.4. The molecule has 10 rings (SSSR count). The molecule has 8 heterocycles. The van der Waals surface area contributed by atoms with Crippen LogP contribution in [0.15, 0.2) is 85.7 Å². The molecule has 6 aromatic heterocycles. The minimum atomic E-state index is -0.416. The fourth-order valence-electron chi connectivity index (χ4n) is 8.17. The van der Waals surface area contributed by atoms with Gasteiger partial charge in [0.1, 0.15) is 34.7 Å². The van der Waals surface area contributed by atoms with Crippen LogP contribution in [0.2, 0.25) is 10.0 Å². The number of hydrogen-bond donors (Lipinski definition) is 0. The van der Waals surface area contributed by atoms with Gasteiger partial charge in [0, 0.05) is 37.3 Å².